The molecule has 17 heteroatoms. The van der Waals surface area contributed by atoms with Crippen LogP contribution in [0.5, 0.6) is 11.6 Å². The van der Waals surface area contributed by atoms with Gasteiger partial charge in [0.05, 0.1) is 49.9 Å². The number of nitrogens with one attached hydrogen (secondary N) is 1. The first-order valence-corrected chi connectivity index (χ1v) is 18.9. The molecule has 1 aliphatic carbocycles. The second-order valence-corrected chi connectivity index (χ2v) is 15.1. The minimum atomic E-state index is -3.09. The zero-order valence-corrected chi connectivity index (χ0v) is 29.2. The van der Waals surface area contributed by atoms with Gasteiger partial charge in [0.15, 0.2) is 0 Å². The van der Waals surface area contributed by atoms with E-state index in [0.29, 0.717) is 47.8 Å². The van der Waals surface area contributed by atoms with E-state index in [1.807, 2.05) is 23.9 Å². The van der Waals surface area contributed by atoms with Crippen LogP contribution in [0.4, 0.5) is 11.6 Å². The SMILES string of the molecule is CCS(=O)(=O)CCCOc1nn([C@H]2CC[C@H](N3CCOCC3)CC2)cc1Nc1ncc(-c2ccc(C#N)c(O[C@@H](C)Cn3cnnn3)c2)cn1. The Labute approximate surface area is 291 Å². The van der Waals surface area contributed by atoms with Gasteiger partial charge in [-0.25, -0.2) is 23.1 Å². The molecule has 0 amide bonds. The number of sulfone groups is 1. The summed E-state index contributed by atoms with van der Waals surface area (Å²) < 4.78 is 45.2. The summed E-state index contributed by atoms with van der Waals surface area (Å²) in [5.74, 6) is 1.33. The fraction of sp³-hybridized carbons (Fsp3) is 0.545. The molecule has 16 nitrogen and oxygen atoms in total. The number of tetrazole rings is 1. The summed E-state index contributed by atoms with van der Waals surface area (Å²) in [5, 5.41) is 28.9. The van der Waals surface area contributed by atoms with Crippen LogP contribution in [0, 0.1) is 11.3 Å². The van der Waals surface area contributed by atoms with Gasteiger partial charge in [-0.05, 0) is 67.2 Å². The summed E-state index contributed by atoms with van der Waals surface area (Å²) in [6, 6.07) is 8.29. The lowest BCUT2D eigenvalue weighted by Crippen LogP contribution is -2.45. The molecule has 2 fully saturated rings. The Kier molecular flexibility index (Phi) is 11.5. The summed E-state index contributed by atoms with van der Waals surface area (Å²) in [6.07, 6.45) is 11.1. The number of nitriles is 1. The molecule has 1 saturated carbocycles. The third kappa shape index (κ3) is 9.11. The number of ether oxygens (including phenoxy) is 3. The van der Waals surface area contributed by atoms with Crippen LogP contribution in [0.1, 0.15) is 57.6 Å². The smallest absolute Gasteiger partial charge is 0.256 e. The summed E-state index contributed by atoms with van der Waals surface area (Å²) in [5.41, 5.74) is 2.53. The molecular formula is C33H43N11O5S. The average molecular weight is 706 g/mol. The summed E-state index contributed by atoms with van der Waals surface area (Å²) >= 11 is 0. The monoisotopic (exact) mass is 705 g/mol. The van der Waals surface area contributed by atoms with Crippen molar-refractivity contribution in [3.8, 4) is 28.8 Å². The Balaban J connectivity index is 1.14. The predicted molar refractivity (Wildman–Crippen MR) is 184 cm³/mol. The molecule has 1 atom stereocenters. The number of aromatic nitrogens is 8. The first-order valence-electron chi connectivity index (χ1n) is 17.1. The Bertz CT molecular complexity index is 1830. The van der Waals surface area contributed by atoms with E-state index in [1.54, 1.807) is 36.1 Å². The van der Waals surface area contributed by atoms with E-state index in [2.05, 4.69) is 41.8 Å². The van der Waals surface area contributed by atoms with E-state index in [1.165, 1.54) is 6.33 Å². The standard InChI is InChI=1S/C33H43N11O5S/c1-3-50(45,46)16-4-13-48-32-30(22-44(39-32)29-9-7-28(8-10-29)42-11-14-47-15-12-42)38-33-35-19-27(20-36-33)25-5-6-26(18-34)31(17-25)49-24(2)21-43-23-37-40-41-43/h5-6,17,19-20,22-24,28-29H,3-4,7-16,21H2,1-2H3,(H,35,36,38)/t24-,28-,29-/m0/s1. The van der Waals surface area contributed by atoms with Crippen molar-refractivity contribution in [1.82, 2.24) is 44.9 Å². The maximum atomic E-state index is 12.0. The van der Waals surface area contributed by atoms with E-state index < -0.39 is 9.84 Å². The normalized spacial score (nSPS) is 19.1. The van der Waals surface area contributed by atoms with Crippen molar-refractivity contribution < 1.29 is 22.6 Å². The molecule has 3 aromatic heterocycles. The second-order valence-electron chi connectivity index (χ2n) is 12.6. The zero-order chi connectivity index (χ0) is 34.9. The quantitative estimate of drug-likeness (QED) is 0.177. The van der Waals surface area contributed by atoms with Gasteiger partial charge < -0.3 is 19.5 Å². The van der Waals surface area contributed by atoms with Crippen molar-refractivity contribution in [2.75, 3.05) is 49.7 Å². The van der Waals surface area contributed by atoms with E-state index in [4.69, 9.17) is 19.3 Å². The fourth-order valence-corrected chi connectivity index (χ4v) is 7.16. The number of anilines is 2. The van der Waals surface area contributed by atoms with E-state index in [-0.39, 0.29) is 30.3 Å². The summed E-state index contributed by atoms with van der Waals surface area (Å²) in [6.45, 7) is 7.72. The van der Waals surface area contributed by atoms with Gasteiger partial charge in [0.1, 0.15) is 39.8 Å². The van der Waals surface area contributed by atoms with Crippen LogP contribution in [0.25, 0.3) is 11.1 Å². The molecule has 50 heavy (non-hydrogen) atoms. The third-order valence-electron chi connectivity index (χ3n) is 9.08. The third-order valence-corrected chi connectivity index (χ3v) is 10.9. The highest BCUT2D eigenvalue weighted by molar-refractivity contribution is 7.91. The van der Waals surface area contributed by atoms with Crippen molar-refractivity contribution in [1.29, 1.82) is 5.26 Å². The van der Waals surface area contributed by atoms with Crippen LogP contribution < -0.4 is 14.8 Å². The topological polar surface area (TPSA) is 188 Å². The van der Waals surface area contributed by atoms with Crippen LogP contribution in [-0.2, 0) is 21.1 Å². The Morgan fingerprint density at radius 2 is 1.86 bits per heavy atom. The molecule has 0 unspecified atom stereocenters. The molecule has 266 valence electrons. The molecular weight excluding hydrogens is 663 g/mol. The maximum Gasteiger partial charge on any atom is 0.256 e. The molecule has 0 bridgehead atoms. The van der Waals surface area contributed by atoms with E-state index in [0.717, 1.165) is 63.1 Å². The second kappa shape index (κ2) is 16.4. The lowest BCUT2D eigenvalue weighted by atomic mass is 9.90. The highest BCUT2D eigenvalue weighted by Crippen LogP contribution is 2.35. The number of benzene rings is 1. The number of morpholine rings is 1. The van der Waals surface area contributed by atoms with Crippen molar-refractivity contribution in [2.24, 2.45) is 0 Å². The highest BCUT2D eigenvalue weighted by Gasteiger charge is 2.29. The van der Waals surface area contributed by atoms with Gasteiger partial charge in [-0.15, -0.1) is 10.2 Å². The van der Waals surface area contributed by atoms with Gasteiger partial charge in [0.2, 0.25) is 5.95 Å². The lowest BCUT2D eigenvalue weighted by molar-refractivity contribution is 0.00503. The fourth-order valence-electron chi connectivity index (χ4n) is 6.31. The minimum Gasteiger partial charge on any atom is -0.487 e. The molecule has 4 heterocycles. The summed E-state index contributed by atoms with van der Waals surface area (Å²) in [7, 11) is -3.09. The van der Waals surface area contributed by atoms with E-state index in [9.17, 15) is 13.7 Å². The maximum absolute atomic E-state index is 12.0. The molecule has 1 saturated heterocycles. The van der Waals surface area contributed by atoms with Crippen molar-refractivity contribution in [2.45, 2.75) is 70.7 Å². The molecule has 0 spiro atoms. The number of hydrogen-bond donors (Lipinski definition) is 1. The number of nitrogens with zero attached hydrogens (tertiary/aromatic N) is 10. The zero-order valence-electron chi connectivity index (χ0n) is 28.4. The van der Waals surface area contributed by atoms with Crippen LogP contribution >= 0.6 is 0 Å². The van der Waals surface area contributed by atoms with Gasteiger partial charge in [0, 0.05) is 42.8 Å². The Hall–Kier alpha value is -4.66. The van der Waals surface area contributed by atoms with Crippen molar-refractivity contribution in [3.05, 3.63) is 48.7 Å². The molecule has 1 N–H and O–H groups in total. The van der Waals surface area contributed by atoms with Crippen molar-refractivity contribution in [3.63, 3.8) is 0 Å². The largest absolute Gasteiger partial charge is 0.487 e. The number of hydrogen-bond acceptors (Lipinski definition) is 14. The predicted octanol–water partition coefficient (Wildman–Crippen LogP) is 3.43. The Morgan fingerprint density at radius 1 is 1.10 bits per heavy atom. The van der Waals surface area contributed by atoms with Gasteiger partial charge >= 0.3 is 0 Å². The summed E-state index contributed by atoms with van der Waals surface area (Å²) in [4.78, 5) is 11.7. The highest BCUT2D eigenvalue weighted by atomic mass is 32.2. The molecule has 0 radical (unpaired) electrons. The van der Waals surface area contributed by atoms with Crippen molar-refractivity contribution >= 4 is 21.5 Å². The first-order chi connectivity index (χ1) is 24.3. The van der Waals surface area contributed by atoms with Gasteiger partial charge in [0.25, 0.3) is 5.88 Å². The van der Waals surface area contributed by atoms with E-state index >= 15 is 0 Å². The van der Waals surface area contributed by atoms with Crippen LogP contribution in [0.2, 0.25) is 0 Å². The molecule has 6 rings (SSSR count). The Morgan fingerprint density at radius 3 is 2.56 bits per heavy atom. The van der Waals surface area contributed by atoms with Crippen LogP contribution in [0.15, 0.2) is 43.1 Å². The molecule has 1 aliphatic heterocycles. The van der Waals surface area contributed by atoms with Gasteiger partial charge in [-0.1, -0.05) is 13.0 Å². The van der Waals surface area contributed by atoms with Gasteiger partial charge in [-0.2, -0.15) is 5.26 Å². The average Bonchev–Trinajstić information content (AvgIpc) is 3.81. The first kappa shape index (κ1) is 35.2. The lowest BCUT2D eigenvalue weighted by Gasteiger charge is -2.38. The molecule has 2 aliphatic rings. The molecule has 4 aromatic rings. The van der Waals surface area contributed by atoms with Gasteiger partial charge in [-0.3, -0.25) is 9.58 Å². The van der Waals surface area contributed by atoms with Crippen LogP contribution in [-0.4, -0.2) is 110 Å². The number of rotatable bonds is 15. The minimum absolute atomic E-state index is 0.0589. The molecule has 1 aromatic carbocycles. The van der Waals surface area contributed by atoms with Crippen LogP contribution in [0.3, 0.4) is 0 Å².